The summed E-state index contributed by atoms with van der Waals surface area (Å²) in [6.07, 6.45) is 3.76. The molecule has 1 N–H and O–H groups in total. The van der Waals surface area contributed by atoms with E-state index in [2.05, 4.69) is 15.4 Å². The van der Waals surface area contributed by atoms with E-state index < -0.39 is 0 Å². The number of amides is 1. The highest BCUT2D eigenvalue weighted by Crippen LogP contribution is 2.36. The van der Waals surface area contributed by atoms with Gasteiger partial charge in [-0.1, -0.05) is 17.3 Å². The van der Waals surface area contributed by atoms with Crippen LogP contribution in [0.15, 0.2) is 34.9 Å². The standard InChI is InChI=1S/C18H20FN3O2/c19-16-4-2-1-3-15(16)17-8-14(24-21-17)9-20-18(23)11-22-10-12-5-6-13(22)7-12/h1-4,8,12-13H,5-7,9-11H2,(H,20,23)/t12-,13+/m1/s1. The van der Waals surface area contributed by atoms with Gasteiger partial charge >= 0.3 is 0 Å². The number of aromatic nitrogens is 1. The van der Waals surface area contributed by atoms with Gasteiger partial charge in [0.25, 0.3) is 0 Å². The van der Waals surface area contributed by atoms with Crippen LogP contribution in [0.2, 0.25) is 0 Å². The van der Waals surface area contributed by atoms with Crippen molar-refractivity contribution in [2.75, 3.05) is 13.1 Å². The van der Waals surface area contributed by atoms with Gasteiger partial charge in [0.1, 0.15) is 11.5 Å². The molecule has 1 aromatic heterocycles. The summed E-state index contributed by atoms with van der Waals surface area (Å²) in [7, 11) is 0. The second-order valence-electron chi connectivity index (χ2n) is 6.70. The Morgan fingerprint density at radius 3 is 3.00 bits per heavy atom. The third-order valence-corrected chi connectivity index (χ3v) is 5.04. The van der Waals surface area contributed by atoms with Gasteiger partial charge in [0, 0.05) is 24.2 Å². The molecule has 6 heteroatoms. The summed E-state index contributed by atoms with van der Waals surface area (Å²) < 4.78 is 18.9. The van der Waals surface area contributed by atoms with Crippen molar-refractivity contribution in [3.63, 3.8) is 0 Å². The fourth-order valence-electron chi connectivity index (χ4n) is 3.84. The molecule has 4 rings (SSSR count). The molecule has 2 aromatic rings. The highest BCUT2D eigenvalue weighted by molar-refractivity contribution is 5.78. The lowest BCUT2D eigenvalue weighted by molar-refractivity contribution is -0.122. The van der Waals surface area contributed by atoms with Gasteiger partial charge in [-0.25, -0.2) is 4.39 Å². The molecule has 0 spiro atoms. The minimum Gasteiger partial charge on any atom is -0.359 e. The fourth-order valence-corrected chi connectivity index (χ4v) is 3.84. The number of piperidine rings is 1. The quantitative estimate of drug-likeness (QED) is 0.916. The maximum Gasteiger partial charge on any atom is 0.234 e. The Morgan fingerprint density at radius 2 is 2.25 bits per heavy atom. The average molecular weight is 329 g/mol. The molecular formula is C18H20FN3O2. The summed E-state index contributed by atoms with van der Waals surface area (Å²) >= 11 is 0. The Bertz CT molecular complexity index is 745. The molecule has 1 aliphatic heterocycles. The zero-order valence-electron chi connectivity index (χ0n) is 13.4. The molecule has 5 nitrogen and oxygen atoms in total. The van der Waals surface area contributed by atoms with Crippen molar-refractivity contribution < 1.29 is 13.7 Å². The fraction of sp³-hybridized carbons (Fsp3) is 0.444. The van der Waals surface area contributed by atoms with E-state index in [4.69, 9.17) is 4.52 Å². The molecule has 126 valence electrons. The van der Waals surface area contributed by atoms with Crippen molar-refractivity contribution in [1.29, 1.82) is 0 Å². The molecule has 2 heterocycles. The van der Waals surface area contributed by atoms with Crippen LogP contribution in [0, 0.1) is 11.7 Å². The largest absolute Gasteiger partial charge is 0.359 e. The molecule has 1 aromatic carbocycles. The highest BCUT2D eigenvalue weighted by Gasteiger charge is 2.38. The number of rotatable bonds is 5. The van der Waals surface area contributed by atoms with Crippen LogP contribution >= 0.6 is 0 Å². The Labute approximate surface area is 139 Å². The first-order valence-electron chi connectivity index (χ1n) is 8.40. The lowest BCUT2D eigenvalue weighted by Crippen LogP contribution is -2.40. The van der Waals surface area contributed by atoms with E-state index >= 15 is 0 Å². The Hall–Kier alpha value is -2.21. The second-order valence-corrected chi connectivity index (χ2v) is 6.70. The van der Waals surface area contributed by atoms with Crippen molar-refractivity contribution in [2.45, 2.75) is 31.8 Å². The van der Waals surface area contributed by atoms with E-state index in [-0.39, 0.29) is 18.3 Å². The molecule has 1 saturated carbocycles. The van der Waals surface area contributed by atoms with Gasteiger partial charge in [0.05, 0.1) is 13.1 Å². The number of hydrogen-bond donors (Lipinski definition) is 1. The maximum atomic E-state index is 13.7. The molecule has 2 aliphatic rings. The molecule has 1 amide bonds. The van der Waals surface area contributed by atoms with Crippen molar-refractivity contribution in [3.05, 3.63) is 41.9 Å². The number of nitrogens with zero attached hydrogens (tertiary/aromatic N) is 2. The summed E-state index contributed by atoms with van der Waals surface area (Å²) in [5, 5.41) is 6.74. The van der Waals surface area contributed by atoms with Crippen LogP contribution in [0.1, 0.15) is 25.0 Å². The van der Waals surface area contributed by atoms with E-state index in [1.807, 2.05) is 0 Å². The van der Waals surface area contributed by atoms with Crippen LogP contribution in [0.3, 0.4) is 0 Å². The van der Waals surface area contributed by atoms with Gasteiger partial charge in [-0.3, -0.25) is 9.69 Å². The second kappa shape index (κ2) is 6.36. The Morgan fingerprint density at radius 1 is 1.38 bits per heavy atom. The molecule has 0 unspecified atom stereocenters. The van der Waals surface area contributed by atoms with Crippen molar-refractivity contribution in [2.24, 2.45) is 5.92 Å². The number of fused-ring (bicyclic) bond motifs is 2. The normalized spacial score (nSPS) is 22.9. The Kier molecular flexibility index (Phi) is 4.06. The van der Waals surface area contributed by atoms with Crippen LogP contribution in [0.5, 0.6) is 0 Å². The lowest BCUT2D eigenvalue weighted by Gasteiger charge is -2.25. The zero-order chi connectivity index (χ0) is 16.5. The monoisotopic (exact) mass is 329 g/mol. The minimum absolute atomic E-state index is 0.00797. The predicted octanol–water partition coefficient (Wildman–Crippen LogP) is 2.58. The molecule has 2 fully saturated rings. The summed E-state index contributed by atoms with van der Waals surface area (Å²) in [4.78, 5) is 14.4. The number of halogens is 1. The number of benzene rings is 1. The molecular weight excluding hydrogens is 309 g/mol. The van der Waals surface area contributed by atoms with Gasteiger partial charge < -0.3 is 9.84 Å². The number of likely N-dealkylation sites (tertiary alicyclic amines) is 1. The predicted molar refractivity (Wildman–Crippen MR) is 86.4 cm³/mol. The molecule has 0 radical (unpaired) electrons. The molecule has 24 heavy (non-hydrogen) atoms. The van der Waals surface area contributed by atoms with E-state index in [0.29, 0.717) is 29.6 Å². The van der Waals surface area contributed by atoms with Crippen molar-refractivity contribution in [3.8, 4) is 11.3 Å². The van der Waals surface area contributed by atoms with Crippen LogP contribution in [-0.2, 0) is 11.3 Å². The third-order valence-electron chi connectivity index (χ3n) is 5.04. The third kappa shape index (κ3) is 3.06. The first-order valence-corrected chi connectivity index (χ1v) is 8.40. The van der Waals surface area contributed by atoms with Gasteiger partial charge in [0.2, 0.25) is 5.91 Å². The Balaban J connectivity index is 1.32. The van der Waals surface area contributed by atoms with Crippen molar-refractivity contribution >= 4 is 5.91 Å². The van der Waals surface area contributed by atoms with Gasteiger partial charge in [-0.15, -0.1) is 0 Å². The number of carbonyl (C=O) groups is 1. The molecule has 1 saturated heterocycles. The summed E-state index contributed by atoms with van der Waals surface area (Å²) in [6.45, 7) is 1.75. The van der Waals surface area contributed by atoms with E-state index in [1.165, 1.54) is 25.3 Å². The number of hydrogen-bond acceptors (Lipinski definition) is 4. The summed E-state index contributed by atoms with van der Waals surface area (Å²) in [6, 6.07) is 8.66. The van der Waals surface area contributed by atoms with Crippen LogP contribution in [-0.4, -0.2) is 35.1 Å². The van der Waals surface area contributed by atoms with Crippen molar-refractivity contribution in [1.82, 2.24) is 15.4 Å². The van der Waals surface area contributed by atoms with Crippen LogP contribution < -0.4 is 5.32 Å². The molecule has 1 aliphatic carbocycles. The average Bonchev–Trinajstić information content (AvgIpc) is 3.30. The number of carbonyl (C=O) groups excluding carboxylic acids is 1. The first-order chi connectivity index (χ1) is 11.7. The smallest absolute Gasteiger partial charge is 0.234 e. The molecule has 2 bridgehead atoms. The van der Waals surface area contributed by atoms with Crippen LogP contribution in [0.25, 0.3) is 11.3 Å². The van der Waals surface area contributed by atoms with Gasteiger partial charge in [-0.2, -0.15) is 0 Å². The van der Waals surface area contributed by atoms with Gasteiger partial charge in [0.15, 0.2) is 5.76 Å². The first kappa shape index (κ1) is 15.3. The summed E-state index contributed by atoms with van der Waals surface area (Å²) in [5.41, 5.74) is 0.834. The maximum absolute atomic E-state index is 13.7. The zero-order valence-corrected chi connectivity index (χ0v) is 13.4. The topological polar surface area (TPSA) is 58.4 Å². The van der Waals surface area contributed by atoms with Gasteiger partial charge in [-0.05, 0) is 37.3 Å². The SMILES string of the molecule is O=C(CN1C[C@@H]2CC[C@H]1C2)NCc1cc(-c2ccccc2F)no1. The van der Waals surface area contributed by atoms with E-state index in [0.717, 1.165) is 12.5 Å². The highest BCUT2D eigenvalue weighted by atomic mass is 19.1. The van der Waals surface area contributed by atoms with E-state index in [1.54, 1.807) is 24.3 Å². The van der Waals surface area contributed by atoms with Crippen LogP contribution in [0.4, 0.5) is 4.39 Å². The molecule has 2 atom stereocenters. The summed E-state index contributed by atoms with van der Waals surface area (Å²) in [5.74, 6) is 0.946. The minimum atomic E-state index is -0.342. The lowest BCUT2D eigenvalue weighted by atomic mass is 10.1. The van der Waals surface area contributed by atoms with E-state index in [9.17, 15) is 9.18 Å². The number of nitrogens with one attached hydrogen (secondary N) is 1.